The Kier molecular flexibility index (Phi) is 3.97. The van der Waals surface area contributed by atoms with Gasteiger partial charge < -0.3 is 14.8 Å². The molecule has 0 aliphatic carbocycles. The fourth-order valence-corrected chi connectivity index (χ4v) is 2.86. The maximum atomic E-state index is 12.1. The van der Waals surface area contributed by atoms with Crippen LogP contribution in [0.25, 0.3) is 4.96 Å². The van der Waals surface area contributed by atoms with Crippen LogP contribution in [0.2, 0.25) is 0 Å². The first-order valence-electron chi connectivity index (χ1n) is 6.62. The molecule has 0 atom stereocenters. The van der Waals surface area contributed by atoms with E-state index in [0.717, 1.165) is 10.7 Å². The number of imidazole rings is 1. The lowest BCUT2D eigenvalue weighted by molar-refractivity contribution is -0.115. The molecule has 2 aromatic heterocycles. The first-order chi connectivity index (χ1) is 10.7. The minimum absolute atomic E-state index is 0.127. The third-order valence-corrected chi connectivity index (χ3v) is 3.92. The number of ether oxygens (including phenoxy) is 2. The molecule has 2 heterocycles. The molecular formula is C15H15N3O3S. The summed E-state index contributed by atoms with van der Waals surface area (Å²) in [4.78, 5) is 17.4. The first kappa shape index (κ1) is 14.4. The quantitative estimate of drug-likeness (QED) is 0.785. The van der Waals surface area contributed by atoms with Crippen molar-refractivity contribution in [3.8, 4) is 11.5 Å². The average Bonchev–Trinajstić information content (AvgIpc) is 3.08. The van der Waals surface area contributed by atoms with Gasteiger partial charge in [0.2, 0.25) is 5.91 Å². The van der Waals surface area contributed by atoms with Gasteiger partial charge in [-0.1, -0.05) is 0 Å². The van der Waals surface area contributed by atoms with Gasteiger partial charge in [-0.05, 0) is 12.1 Å². The van der Waals surface area contributed by atoms with E-state index in [2.05, 4.69) is 10.3 Å². The molecule has 22 heavy (non-hydrogen) atoms. The number of hydrogen-bond acceptors (Lipinski definition) is 5. The second-order valence-corrected chi connectivity index (χ2v) is 5.49. The van der Waals surface area contributed by atoms with Crippen molar-refractivity contribution in [3.05, 3.63) is 41.7 Å². The van der Waals surface area contributed by atoms with E-state index in [1.807, 2.05) is 22.2 Å². The van der Waals surface area contributed by atoms with Crippen LogP contribution < -0.4 is 14.8 Å². The number of benzene rings is 1. The summed E-state index contributed by atoms with van der Waals surface area (Å²) < 4.78 is 12.3. The Labute approximate surface area is 131 Å². The van der Waals surface area contributed by atoms with E-state index in [9.17, 15) is 4.79 Å². The van der Waals surface area contributed by atoms with Crippen LogP contribution in [-0.2, 0) is 11.2 Å². The Hall–Kier alpha value is -2.54. The molecule has 0 fully saturated rings. The number of methoxy groups -OCH3 is 2. The molecule has 0 saturated carbocycles. The molecule has 3 rings (SSSR count). The molecule has 7 heteroatoms. The van der Waals surface area contributed by atoms with Gasteiger partial charge in [0.25, 0.3) is 0 Å². The van der Waals surface area contributed by atoms with Crippen LogP contribution in [0.15, 0.2) is 36.0 Å². The highest BCUT2D eigenvalue weighted by Gasteiger charge is 2.10. The van der Waals surface area contributed by atoms with E-state index in [4.69, 9.17) is 9.47 Å². The van der Waals surface area contributed by atoms with Gasteiger partial charge in [0.05, 0.1) is 26.3 Å². The van der Waals surface area contributed by atoms with Crippen molar-refractivity contribution in [3.63, 3.8) is 0 Å². The topological polar surface area (TPSA) is 64.9 Å². The Balaban J connectivity index is 1.69. The molecule has 114 valence electrons. The number of thiazole rings is 1. The lowest BCUT2D eigenvalue weighted by atomic mass is 10.2. The average molecular weight is 317 g/mol. The maximum Gasteiger partial charge on any atom is 0.230 e. The molecule has 6 nitrogen and oxygen atoms in total. The van der Waals surface area contributed by atoms with Gasteiger partial charge in [-0.25, -0.2) is 4.98 Å². The summed E-state index contributed by atoms with van der Waals surface area (Å²) in [6.07, 6.45) is 4.01. The minimum Gasteiger partial charge on any atom is -0.493 e. The second-order valence-electron chi connectivity index (χ2n) is 4.62. The molecule has 1 aromatic carbocycles. The predicted molar refractivity (Wildman–Crippen MR) is 84.9 cm³/mol. The molecule has 0 unspecified atom stereocenters. The summed E-state index contributed by atoms with van der Waals surface area (Å²) in [5.74, 6) is 1.07. The third-order valence-electron chi connectivity index (χ3n) is 3.15. The van der Waals surface area contributed by atoms with Crippen molar-refractivity contribution in [1.82, 2.24) is 9.38 Å². The normalized spacial score (nSPS) is 10.6. The number of aromatic nitrogens is 2. The summed E-state index contributed by atoms with van der Waals surface area (Å²) in [6, 6.07) is 5.24. The number of rotatable bonds is 5. The standard InChI is InChI=1S/C15H15N3O3S/c1-20-12-4-3-10(7-13(12)21-2)16-14(19)8-11-9-18-5-6-22-15(18)17-11/h3-7,9H,8H2,1-2H3,(H,16,19). The molecule has 0 aliphatic heterocycles. The van der Waals surface area contributed by atoms with Crippen LogP contribution in [0.3, 0.4) is 0 Å². The second kappa shape index (κ2) is 6.07. The van der Waals surface area contributed by atoms with Crippen LogP contribution in [-0.4, -0.2) is 29.5 Å². The zero-order valence-electron chi connectivity index (χ0n) is 12.2. The summed E-state index contributed by atoms with van der Waals surface area (Å²) in [5.41, 5.74) is 1.40. The van der Waals surface area contributed by atoms with Gasteiger partial charge in [-0.15, -0.1) is 11.3 Å². The third kappa shape index (κ3) is 2.89. The van der Waals surface area contributed by atoms with E-state index < -0.39 is 0 Å². The molecule has 0 bridgehead atoms. The van der Waals surface area contributed by atoms with Crippen LogP contribution in [0.4, 0.5) is 5.69 Å². The molecular weight excluding hydrogens is 302 g/mol. The first-order valence-corrected chi connectivity index (χ1v) is 7.50. The van der Waals surface area contributed by atoms with E-state index in [1.165, 1.54) is 11.3 Å². The number of nitrogens with one attached hydrogen (secondary N) is 1. The van der Waals surface area contributed by atoms with Crippen molar-refractivity contribution in [2.75, 3.05) is 19.5 Å². The summed E-state index contributed by atoms with van der Waals surface area (Å²) in [7, 11) is 3.13. The Bertz CT molecular complexity index is 781. The minimum atomic E-state index is -0.127. The summed E-state index contributed by atoms with van der Waals surface area (Å²) in [5, 5.41) is 4.79. The number of carbonyl (C=O) groups is 1. The monoisotopic (exact) mass is 317 g/mol. The van der Waals surface area contributed by atoms with E-state index in [-0.39, 0.29) is 12.3 Å². The van der Waals surface area contributed by atoms with Gasteiger partial charge in [-0.3, -0.25) is 9.20 Å². The van der Waals surface area contributed by atoms with Gasteiger partial charge in [0.1, 0.15) is 0 Å². The predicted octanol–water partition coefficient (Wildman–Crippen LogP) is 2.59. The fourth-order valence-electron chi connectivity index (χ4n) is 2.14. The zero-order valence-corrected chi connectivity index (χ0v) is 13.0. The highest BCUT2D eigenvalue weighted by atomic mass is 32.1. The van der Waals surface area contributed by atoms with Gasteiger partial charge in [-0.2, -0.15) is 0 Å². The van der Waals surface area contributed by atoms with Crippen LogP contribution >= 0.6 is 11.3 Å². The SMILES string of the molecule is COc1ccc(NC(=O)Cc2cn3ccsc3n2)cc1OC. The number of fused-ring (bicyclic) bond motifs is 1. The molecule has 0 spiro atoms. The largest absolute Gasteiger partial charge is 0.493 e. The molecule has 0 saturated heterocycles. The summed E-state index contributed by atoms with van der Waals surface area (Å²) in [6.45, 7) is 0. The van der Waals surface area contributed by atoms with Crippen molar-refractivity contribution in [2.24, 2.45) is 0 Å². The van der Waals surface area contributed by atoms with Crippen molar-refractivity contribution < 1.29 is 14.3 Å². The molecule has 0 aliphatic rings. The molecule has 0 radical (unpaired) electrons. The smallest absolute Gasteiger partial charge is 0.230 e. The van der Waals surface area contributed by atoms with Crippen LogP contribution in [0.1, 0.15) is 5.69 Å². The molecule has 1 amide bonds. The van der Waals surface area contributed by atoms with Crippen molar-refractivity contribution in [2.45, 2.75) is 6.42 Å². The van der Waals surface area contributed by atoms with E-state index >= 15 is 0 Å². The zero-order chi connectivity index (χ0) is 15.5. The van der Waals surface area contributed by atoms with Crippen LogP contribution in [0, 0.1) is 0 Å². The van der Waals surface area contributed by atoms with Gasteiger partial charge >= 0.3 is 0 Å². The number of nitrogens with zero attached hydrogens (tertiary/aromatic N) is 2. The van der Waals surface area contributed by atoms with Crippen molar-refractivity contribution in [1.29, 1.82) is 0 Å². The number of anilines is 1. The highest BCUT2D eigenvalue weighted by molar-refractivity contribution is 7.15. The Morgan fingerprint density at radius 2 is 2.14 bits per heavy atom. The number of hydrogen-bond donors (Lipinski definition) is 1. The van der Waals surface area contributed by atoms with Crippen molar-refractivity contribution >= 4 is 27.9 Å². The lowest BCUT2D eigenvalue weighted by Gasteiger charge is -2.10. The van der Waals surface area contributed by atoms with Gasteiger partial charge in [0, 0.05) is 29.5 Å². The molecule has 1 N–H and O–H groups in total. The van der Waals surface area contributed by atoms with Gasteiger partial charge in [0.15, 0.2) is 16.5 Å². The van der Waals surface area contributed by atoms with E-state index in [1.54, 1.807) is 32.4 Å². The molecule has 3 aromatic rings. The maximum absolute atomic E-state index is 12.1. The number of amides is 1. The van der Waals surface area contributed by atoms with Crippen LogP contribution in [0.5, 0.6) is 11.5 Å². The number of carbonyl (C=O) groups excluding carboxylic acids is 1. The highest BCUT2D eigenvalue weighted by Crippen LogP contribution is 2.29. The van der Waals surface area contributed by atoms with E-state index in [0.29, 0.717) is 17.2 Å². The Morgan fingerprint density at radius 3 is 2.86 bits per heavy atom. The summed E-state index contributed by atoms with van der Waals surface area (Å²) >= 11 is 1.54. The fraction of sp³-hybridized carbons (Fsp3) is 0.200. The lowest BCUT2D eigenvalue weighted by Crippen LogP contribution is -2.14. The Morgan fingerprint density at radius 1 is 1.32 bits per heavy atom.